The summed E-state index contributed by atoms with van der Waals surface area (Å²) in [7, 11) is 5.45. The van der Waals surface area contributed by atoms with Crippen LogP contribution in [0, 0.1) is 0 Å². The first-order valence-corrected chi connectivity index (χ1v) is 10.7. The van der Waals surface area contributed by atoms with Gasteiger partial charge in [0.25, 0.3) is 0 Å². The summed E-state index contributed by atoms with van der Waals surface area (Å²) in [5.74, 6) is 2.00. The number of hydrogen-bond acceptors (Lipinski definition) is 6. The lowest BCUT2D eigenvalue weighted by Crippen LogP contribution is -2.31. The van der Waals surface area contributed by atoms with Crippen molar-refractivity contribution in [3.05, 3.63) is 76.6 Å². The van der Waals surface area contributed by atoms with Crippen LogP contribution in [0.1, 0.15) is 39.5 Å². The third-order valence-electron chi connectivity index (χ3n) is 6.80. The first kappa shape index (κ1) is 20.5. The maximum atomic E-state index is 12.7. The molecule has 0 unspecified atom stereocenters. The molecule has 2 aliphatic carbocycles. The van der Waals surface area contributed by atoms with Crippen LogP contribution in [0.4, 0.5) is 0 Å². The summed E-state index contributed by atoms with van der Waals surface area (Å²) in [4.78, 5) is 26.0. The highest BCUT2D eigenvalue weighted by Crippen LogP contribution is 2.58. The van der Waals surface area contributed by atoms with Crippen molar-refractivity contribution in [3.8, 4) is 17.2 Å². The van der Waals surface area contributed by atoms with E-state index in [1.54, 1.807) is 44.6 Å². The van der Waals surface area contributed by atoms with Gasteiger partial charge in [0.05, 0.1) is 14.2 Å². The predicted octanol–water partition coefficient (Wildman–Crippen LogP) is 3.79. The van der Waals surface area contributed by atoms with Crippen LogP contribution in [0.5, 0.6) is 17.2 Å². The van der Waals surface area contributed by atoms with E-state index in [4.69, 9.17) is 14.2 Å². The minimum absolute atomic E-state index is 0.189. The predicted molar refractivity (Wildman–Crippen MR) is 120 cm³/mol. The number of hydrogen-bond donors (Lipinski definition) is 0. The quantitative estimate of drug-likeness (QED) is 0.672. The number of likely N-dealkylation sites (N-methyl/N-ethyl adjacent to an activating group) is 1. The Morgan fingerprint density at radius 1 is 1.16 bits per heavy atom. The van der Waals surface area contributed by atoms with Crippen molar-refractivity contribution >= 4 is 12.1 Å². The smallest absolute Gasteiger partial charge is 0.220 e. The standard InChI is InChI=1S/C26H25NO5/c1-27-11-9-17-12-21(30-2)25(31-3)24-23(17)19(27)13-26(24)10-8-20(29)22(14-26)32-18-6-4-16(15-28)5-7-18/h4-8,10,12,14-15,19H,9,11,13H2,1-3H3/t19-,26-/m1/s1. The van der Waals surface area contributed by atoms with E-state index in [0.29, 0.717) is 22.8 Å². The number of aldehydes is 1. The number of nitrogens with zero attached hydrogens (tertiary/aromatic N) is 1. The Hall–Kier alpha value is -3.38. The molecule has 1 heterocycles. The van der Waals surface area contributed by atoms with Crippen LogP contribution in [0.2, 0.25) is 0 Å². The van der Waals surface area contributed by atoms with Gasteiger partial charge in [0.1, 0.15) is 12.0 Å². The molecule has 2 aromatic carbocycles. The zero-order chi connectivity index (χ0) is 22.5. The first-order chi connectivity index (χ1) is 15.5. The zero-order valence-corrected chi connectivity index (χ0v) is 18.4. The Bertz CT molecular complexity index is 1160. The highest BCUT2D eigenvalue weighted by atomic mass is 16.5. The maximum Gasteiger partial charge on any atom is 0.220 e. The molecule has 0 aromatic heterocycles. The molecule has 0 fully saturated rings. The average molecular weight is 431 g/mol. The number of ketones is 1. The van der Waals surface area contributed by atoms with Crippen molar-refractivity contribution in [2.45, 2.75) is 24.3 Å². The Labute approximate surface area is 187 Å². The van der Waals surface area contributed by atoms with E-state index in [9.17, 15) is 9.59 Å². The fraction of sp³-hybridized carbons (Fsp3) is 0.308. The van der Waals surface area contributed by atoms with E-state index < -0.39 is 5.41 Å². The third kappa shape index (κ3) is 3.06. The fourth-order valence-electron chi connectivity index (χ4n) is 5.23. The molecule has 32 heavy (non-hydrogen) atoms. The van der Waals surface area contributed by atoms with Gasteiger partial charge in [-0.1, -0.05) is 6.08 Å². The number of methoxy groups -OCH3 is 2. The SMILES string of the molecule is COc1cc2c3c(c1OC)[C@]1(C=CC(=O)C(Oc4ccc(C=O)cc4)=C1)C[C@H]3N(C)CC2. The topological polar surface area (TPSA) is 65.1 Å². The van der Waals surface area contributed by atoms with E-state index >= 15 is 0 Å². The van der Waals surface area contributed by atoms with Gasteiger partial charge >= 0.3 is 0 Å². The Kier molecular flexibility index (Phi) is 4.90. The van der Waals surface area contributed by atoms with Crippen LogP contribution in [0.25, 0.3) is 0 Å². The molecular weight excluding hydrogens is 406 g/mol. The van der Waals surface area contributed by atoms with Crippen molar-refractivity contribution in [1.29, 1.82) is 0 Å². The van der Waals surface area contributed by atoms with Gasteiger partial charge in [-0.2, -0.15) is 0 Å². The molecular formula is C26H25NO5. The average Bonchev–Trinajstić information content (AvgIpc) is 3.15. The molecule has 164 valence electrons. The molecule has 3 aliphatic rings. The number of carbonyl (C=O) groups is 2. The van der Waals surface area contributed by atoms with Crippen LogP contribution in [-0.2, 0) is 16.6 Å². The van der Waals surface area contributed by atoms with Gasteiger partial charge in [0.2, 0.25) is 5.78 Å². The summed E-state index contributed by atoms with van der Waals surface area (Å²) in [6, 6.07) is 9.02. The van der Waals surface area contributed by atoms with Gasteiger partial charge in [-0.15, -0.1) is 0 Å². The second-order valence-electron chi connectivity index (χ2n) is 8.55. The number of benzene rings is 2. The second kappa shape index (κ2) is 7.64. The largest absolute Gasteiger partial charge is 0.493 e. The number of fused-ring (bicyclic) bond motifs is 1. The lowest BCUT2D eigenvalue weighted by Gasteiger charge is -2.32. The molecule has 1 aliphatic heterocycles. The van der Waals surface area contributed by atoms with E-state index in [1.165, 1.54) is 11.1 Å². The molecule has 2 aromatic rings. The summed E-state index contributed by atoms with van der Waals surface area (Å²) < 4.78 is 17.5. The molecule has 0 bridgehead atoms. The normalized spacial score (nSPS) is 23.7. The second-order valence-corrected chi connectivity index (χ2v) is 8.55. The van der Waals surface area contributed by atoms with Crippen LogP contribution in [-0.4, -0.2) is 44.8 Å². The number of allylic oxidation sites excluding steroid dienone is 3. The van der Waals surface area contributed by atoms with Gasteiger partial charge < -0.3 is 14.2 Å². The highest BCUT2D eigenvalue weighted by molar-refractivity contribution is 6.04. The summed E-state index contributed by atoms with van der Waals surface area (Å²) in [6.07, 6.45) is 7.99. The molecule has 5 rings (SSSR count). The van der Waals surface area contributed by atoms with E-state index in [1.807, 2.05) is 12.2 Å². The monoisotopic (exact) mass is 431 g/mol. The summed E-state index contributed by atoms with van der Waals surface area (Å²) in [6.45, 7) is 0.960. The number of carbonyl (C=O) groups excluding carboxylic acids is 2. The highest BCUT2D eigenvalue weighted by Gasteiger charge is 2.49. The van der Waals surface area contributed by atoms with Gasteiger partial charge in [0.15, 0.2) is 17.3 Å². The summed E-state index contributed by atoms with van der Waals surface area (Å²) >= 11 is 0. The van der Waals surface area contributed by atoms with Gasteiger partial charge in [-0.3, -0.25) is 14.5 Å². The third-order valence-corrected chi connectivity index (χ3v) is 6.80. The zero-order valence-electron chi connectivity index (χ0n) is 18.4. The van der Waals surface area contributed by atoms with Crippen molar-refractivity contribution in [1.82, 2.24) is 4.90 Å². The van der Waals surface area contributed by atoms with Crippen molar-refractivity contribution < 1.29 is 23.8 Å². The molecule has 0 saturated carbocycles. The van der Waals surface area contributed by atoms with Crippen molar-refractivity contribution in [2.75, 3.05) is 27.8 Å². The van der Waals surface area contributed by atoms with E-state index in [-0.39, 0.29) is 17.6 Å². The van der Waals surface area contributed by atoms with Gasteiger partial charge in [-0.05, 0) is 73.5 Å². The number of ether oxygens (including phenoxy) is 3. The molecule has 6 heteroatoms. The lowest BCUT2D eigenvalue weighted by molar-refractivity contribution is -0.113. The fourth-order valence-corrected chi connectivity index (χ4v) is 5.23. The van der Waals surface area contributed by atoms with Crippen LogP contribution in [0.15, 0.2) is 54.3 Å². The molecule has 6 nitrogen and oxygen atoms in total. The van der Waals surface area contributed by atoms with Gasteiger partial charge in [0, 0.05) is 29.1 Å². The molecule has 0 radical (unpaired) electrons. The van der Waals surface area contributed by atoms with E-state index in [2.05, 4.69) is 18.0 Å². The van der Waals surface area contributed by atoms with Crippen molar-refractivity contribution in [3.63, 3.8) is 0 Å². The molecule has 2 atom stereocenters. The molecule has 1 spiro atoms. The van der Waals surface area contributed by atoms with Crippen LogP contribution < -0.4 is 14.2 Å². The summed E-state index contributed by atoms with van der Waals surface area (Å²) in [5, 5.41) is 0. The van der Waals surface area contributed by atoms with Crippen LogP contribution >= 0.6 is 0 Å². The lowest BCUT2D eigenvalue weighted by atomic mass is 9.77. The van der Waals surface area contributed by atoms with E-state index in [0.717, 1.165) is 31.2 Å². The minimum Gasteiger partial charge on any atom is -0.493 e. The Morgan fingerprint density at radius 3 is 2.62 bits per heavy atom. The minimum atomic E-state index is -0.542. The van der Waals surface area contributed by atoms with Crippen molar-refractivity contribution in [2.24, 2.45) is 0 Å². The van der Waals surface area contributed by atoms with Gasteiger partial charge in [-0.25, -0.2) is 0 Å². The molecule has 0 N–H and O–H groups in total. The Balaban J connectivity index is 1.65. The molecule has 0 saturated heterocycles. The summed E-state index contributed by atoms with van der Waals surface area (Å²) in [5.41, 5.74) is 3.59. The first-order valence-electron chi connectivity index (χ1n) is 10.7. The van der Waals surface area contributed by atoms with Crippen LogP contribution in [0.3, 0.4) is 0 Å². The maximum absolute atomic E-state index is 12.7. The number of rotatable bonds is 5. The molecule has 0 amide bonds. The Morgan fingerprint density at radius 2 is 1.94 bits per heavy atom.